The molecule has 1 atom stereocenters. The number of likely N-dealkylation sites (tertiary alicyclic amines) is 1. The highest BCUT2D eigenvalue weighted by Crippen LogP contribution is 2.26. The molecule has 0 radical (unpaired) electrons. The van der Waals surface area contributed by atoms with Crippen molar-refractivity contribution >= 4 is 27.6 Å². The number of amides is 1. The van der Waals surface area contributed by atoms with Crippen LogP contribution in [0.15, 0.2) is 47.4 Å². The average Bonchev–Trinajstić information content (AvgIpc) is 3.56. The molecule has 4 aromatic rings. The minimum absolute atomic E-state index is 0.0545. The normalized spacial score (nSPS) is 15.5. The Morgan fingerprint density at radius 3 is 2.69 bits per heavy atom. The molecule has 10 nitrogen and oxygen atoms in total. The van der Waals surface area contributed by atoms with Crippen LogP contribution in [0.25, 0.3) is 21.7 Å². The topological polar surface area (TPSA) is 109 Å². The standard InChI is InChI=1S/C27H27F2N7O3/c1-33(2)19-7-8-34(13-19)26(37)15-36-27(38)21-6-4-3-5-20(21)23(32-36)14-35-12-18-10-24(39-16-25(28)29)17(11-30)9-22(18)31-35/h3-6,9-10,12,19,25H,7-8,13-16H2,1-2H3/t19-/m0/s1. The third-order valence-corrected chi connectivity index (χ3v) is 6.93. The SMILES string of the molecule is CN(C)[C@H]1CCN(C(=O)Cn2nc(Cn3cc4cc(OCC(F)F)c(C#N)cc4n3)c3ccccc3c2=O)C1. The van der Waals surface area contributed by atoms with E-state index in [2.05, 4.69) is 15.1 Å². The lowest BCUT2D eigenvalue weighted by Crippen LogP contribution is -2.38. The van der Waals surface area contributed by atoms with Crippen molar-refractivity contribution in [1.29, 1.82) is 5.26 Å². The summed E-state index contributed by atoms with van der Waals surface area (Å²) in [4.78, 5) is 30.1. The van der Waals surface area contributed by atoms with E-state index in [1.54, 1.807) is 40.0 Å². The van der Waals surface area contributed by atoms with Crippen molar-refractivity contribution < 1.29 is 18.3 Å². The van der Waals surface area contributed by atoms with Gasteiger partial charge >= 0.3 is 0 Å². The lowest BCUT2D eigenvalue weighted by atomic mass is 10.1. The van der Waals surface area contributed by atoms with E-state index >= 15 is 0 Å². The van der Waals surface area contributed by atoms with Crippen LogP contribution in [-0.4, -0.2) is 81.5 Å². The van der Waals surface area contributed by atoms with Crippen LogP contribution in [0, 0.1) is 11.3 Å². The molecule has 3 heterocycles. The zero-order valence-corrected chi connectivity index (χ0v) is 21.5. The number of nitrogens with zero attached hydrogens (tertiary/aromatic N) is 7. The van der Waals surface area contributed by atoms with E-state index in [0.717, 1.165) is 6.42 Å². The van der Waals surface area contributed by atoms with Crippen molar-refractivity contribution in [2.24, 2.45) is 0 Å². The second-order valence-corrected chi connectivity index (χ2v) is 9.75. The minimum atomic E-state index is -2.67. The number of likely N-dealkylation sites (N-methyl/N-ethyl adjacent to an activating group) is 1. The zero-order valence-electron chi connectivity index (χ0n) is 21.5. The third kappa shape index (κ3) is 5.44. The van der Waals surface area contributed by atoms with Gasteiger partial charge in [-0.25, -0.2) is 13.5 Å². The van der Waals surface area contributed by atoms with E-state index in [0.29, 0.717) is 40.5 Å². The van der Waals surface area contributed by atoms with Gasteiger partial charge in [-0.3, -0.25) is 14.3 Å². The molecule has 1 fully saturated rings. The van der Waals surface area contributed by atoms with Crippen molar-refractivity contribution in [3.8, 4) is 11.8 Å². The van der Waals surface area contributed by atoms with Crippen molar-refractivity contribution in [2.75, 3.05) is 33.8 Å². The molecule has 0 spiro atoms. The van der Waals surface area contributed by atoms with E-state index < -0.39 is 13.0 Å². The number of fused-ring (bicyclic) bond motifs is 2. The van der Waals surface area contributed by atoms with Gasteiger partial charge in [-0.05, 0) is 38.7 Å². The van der Waals surface area contributed by atoms with Crippen LogP contribution < -0.4 is 10.3 Å². The molecule has 1 saturated heterocycles. The molecule has 0 aliphatic carbocycles. The largest absolute Gasteiger partial charge is 0.486 e. The number of alkyl halides is 2. The van der Waals surface area contributed by atoms with Gasteiger partial charge in [0.15, 0.2) is 0 Å². The lowest BCUT2D eigenvalue weighted by molar-refractivity contribution is -0.131. The molecule has 39 heavy (non-hydrogen) atoms. The quantitative estimate of drug-likeness (QED) is 0.341. The van der Waals surface area contributed by atoms with Gasteiger partial charge in [0.1, 0.15) is 25.0 Å². The van der Waals surface area contributed by atoms with Crippen molar-refractivity contribution in [1.82, 2.24) is 29.4 Å². The number of rotatable bonds is 8. The molecule has 5 rings (SSSR count). The summed E-state index contributed by atoms with van der Waals surface area (Å²) in [6, 6.07) is 12.3. The Bertz CT molecular complexity index is 1640. The monoisotopic (exact) mass is 535 g/mol. The number of halogens is 2. The van der Waals surface area contributed by atoms with Gasteiger partial charge in [0.05, 0.1) is 28.7 Å². The van der Waals surface area contributed by atoms with Gasteiger partial charge in [0.2, 0.25) is 5.91 Å². The number of nitriles is 1. The van der Waals surface area contributed by atoms with Gasteiger partial charge in [-0.15, -0.1) is 0 Å². The van der Waals surface area contributed by atoms with Crippen LogP contribution in [0.3, 0.4) is 0 Å². The molecule has 0 N–H and O–H groups in total. The first-order valence-corrected chi connectivity index (χ1v) is 12.5. The summed E-state index contributed by atoms with van der Waals surface area (Å²) in [5.74, 6) is -0.112. The number of ether oxygens (including phenoxy) is 1. The Labute approximate surface area is 222 Å². The Hall–Kier alpha value is -4.37. The molecule has 0 bridgehead atoms. The molecule has 2 aromatic carbocycles. The van der Waals surface area contributed by atoms with E-state index in [4.69, 9.17) is 4.74 Å². The Kier molecular flexibility index (Phi) is 7.26. The average molecular weight is 536 g/mol. The highest BCUT2D eigenvalue weighted by atomic mass is 19.3. The van der Waals surface area contributed by atoms with E-state index in [9.17, 15) is 23.6 Å². The molecule has 202 valence electrons. The first-order valence-electron chi connectivity index (χ1n) is 12.5. The minimum Gasteiger partial charge on any atom is -0.486 e. The summed E-state index contributed by atoms with van der Waals surface area (Å²) in [7, 11) is 3.97. The van der Waals surface area contributed by atoms with Gasteiger partial charge in [-0.1, -0.05) is 18.2 Å². The van der Waals surface area contributed by atoms with Crippen molar-refractivity contribution in [2.45, 2.75) is 32.0 Å². The van der Waals surface area contributed by atoms with Gasteiger partial charge < -0.3 is 14.5 Å². The fourth-order valence-electron chi connectivity index (χ4n) is 4.84. The molecule has 2 aromatic heterocycles. The van der Waals surface area contributed by atoms with Crippen LogP contribution >= 0.6 is 0 Å². The Balaban J connectivity index is 1.46. The summed E-state index contributed by atoms with van der Waals surface area (Å²) < 4.78 is 33.2. The highest BCUT2D eigenvalue weighted by molar-refractivity contribution is 5.85. The van der Waals surface area contributed by atoms with Crippen molar-refractivity contribution in [3.63, 3.8) is 0 Å². The number of carbonyl (C=O) groups is 1. The fourth-order valence-corrected chi connectivity index (χ4v) is 4.84. The second-order valence-electron chi connectivity index (χ2n) is 9.75. The van der Waals surface area contributed by atoms with Crippen LogP contribution in [0.2, 0.25) is 0 Å². The molecular formula is C27H27F2N7O3. The summed E-state index contributed by atoms with van der Waals surface area (Å²) >= 11 is 0. The third-order valence-electron chi connectivity index (χ3n) is 6.93. The highest BCUT2D eigenvalue weighted by Gasteiger charge is 2.28. The van der Waals surface area contributed by atoms with Crippen LogP contribution in [0.5, 0.6) is 5.75 Å². The van der Waals surface area contributed by atoms with E-state index in [-0.39, 0.29) is 41.9 Å². The summed E-state index contributed by atoms with van der Waals surface area (Å²) in [5, 5.41) is 20.2. The lowest BCUT2D eigenvalue weighted by Gasteiger charge is -2.20. The van der Waals surface area contributed by atoms with Gasteiger partial charge in [0.25, 0.3) is 12.0 Å². The maximum Gasteiger partial charge on any atom is 0.275 e. The van der Waals surface area contributed by atoms with E-state index in [1.165, 1.54) is 16.8 Å². The van der Waals surface area contributed by atoms with Gasteiger partial charge in [0, 0.05) is 36.1 Å². The first-order chi connectivity index (χ1) is 18.7. The fraction of sp³-hybridized carbons (Fsp3) is 0.370. The summed E-state index contributed by atoms with van der Waals surface area (Å²) in [6.45, 7) is 0.413. The zero-order chi connectivity index (χ0) is 27.7. The van der Waals surface area contributed by atoms with Crippen LogP contribution in [-0.2, 0) is 17.9 Å². The van der Waals surface area contributed by atoms with Crippen LogP contribution in [0.1, 0.15) is 17.7 Å². The second kappa shape index (κ2) is 10.8. The van der Waals surface area contributed by atoms with Gasteiger partial charge in [-0.2, -0.15) is 15.5 Å². The summed E-state index contributed by atoms with van der Waals surface area (Å²) in [6.07, 6.45) is -0.106. The van der Waals surface area contributed by atoms with E-state index in [1.807, 2.05) is 20.2 Å². The Morgan fingerprint density at radius 1 is 1.23 bits per heavy atom. The number of hydrogen-bond donors (Lipinski definition) is 0. The maximum atomic E-state index is 13.2. The molecule has 1 amide bonds. The predicted octanol–water partition coefficient (Wildman–Crippen LogP) is 2.47. The first kappa shape index (κ1) is 26.2. The number of aromatic nitrogens is 4. The summed E-state index contributed by atoms with van der Waals surface area (Å²) in [5.41, 5.74) is 0.764. The molecule has 12 heteroatoms. The Morgan fingerprint density at radius 2 is 2.00 bits per heavy atom. The number of carbonyl (C=O) groups excluding carboxylic acids is 1. The number of benzene rings is 2. The van der Waals surface area contributed by atoms with Crippen molar-refractivity contribution in [3.05, 3.63) is 64.2 Å². The predicted molar refractivity (Wildman–Crippen MR) is 140 cm³/mol. The molecular weight excluding hydrogens is 508 g/mol. The smallest absolute Gasteiger partial charge is 0.275 e. The van der Waals surface area contributed by atoms with Crippen LogP contribution in [0.4, 0.5) is 8.78 Å². The molecule has 1 aliphatic rings. The number of hydrogen-bond acceptors (Lipinski definition) is 7. The maximum absolute atomic E-state index is 13.2. The molecule has 1 aliphatic heterocycles. The molecule has 0 saturated carbocycles. The molecule has 0 unspecified atom stereocenters.